The van der Waals surface area contributed by atoms with Crippen LogP contribution in [-0.4, -0.2) is 28.2 Å². The third-order valence-electron chi connectivity index (χ3n) is 3.19. The minimum absolute atomic E-state index is 0.0918. The fourth-order valence-electron chi connectivity index (χ4n) is 2.04. The Hall–Kier alpha value is -2.40. The average molecular weight is 286 g/mol. The van der Waals surface area contributed by atoms with Crippen LogP contribution in [0.5, 0.6) is 0 Å². The topological polar surface area (TPSA) is 71.3 Å². The first-order chi connectivity index (χ1) is 10.1. The van der Waals surface area contributed by atoms with Gasteiger partial charge in [0.1, 0.15) is 0 Å². The molecular weight excluding hydrogens is 268 g/mol. The lowest BCUT2D eigenvalue weighted by Crippen LogP contribution is -2.36. The van der Waals surface area contributed by atoms with E-state index in [0.717, 1.165) is 5.56 Å². The highest BCUT2D eigenvalue weighted by Gasteiger charge is 2.11. The Kier molecular flexibility index (Phi) is 4.90. The first kappa shape index (κ1) is 15.0. The molecule has 0 saturated heterocycles. The molecule has 0 aliphatic carbocycles. The molecular formula is C16H18N2O3. The average Bonchev–Trinajstić information content (AvgIpc) is 2.48. The number of carbonyl (C=O) groups excluding carboxylic acids is 1. The van der Waals surface area contributed by atoms with Crippen LogP contribution in [0.2, 0.25) is 0 Å². The van der Waals surface area contributed by atoms with Crippen LogP contribution in [0.25, 0.3) is 0 Å². The van der Waals surface area contributed by atoms with E-state index in [4.69, 9.17) is 0 Å². The van der Waals surface area contributed by atoms with Gasteiger partial charge in [0.15, 0.2) is 0 Å². The third-order valence-corrected chi connectivity index (χ3v) is 3.19. The number of pyridine rings is 1. The van der Waals surface area contributed by atoms with Gasteiger partial charge < -0.3 is 15.0 Å². The Morgan fingerprint density at radius 3 is 2.67 bits per heavy atom. The van der Waals surface area contributed by atoms with Gasteiger partial charge in [0.05, 0.1) is 12.6 Å². The summed E-state index contributed by atoms with van der Waals surface area (Å²) in [6.07, 6.45) is 0.785. The zero-order chi connectivity index (χ0) is 15.2. The molecule has 2 rings (SSSR count). The van der Waals surface area contributed by atoms with Crippen molar-refractivity contribution in [2.75, 3.05) is 6.54 Å². The van der Waals surface area contributed by atoms with Crippen LogP contribution in [0.4, 0.5) is 0 Å². The van der Waals surface area contributed by atoms with Crippen LogP contribution in [-0.2, 0) is 6.54 Å². The maximum atomic E-state index is 12.0. The maximum Gasteiger partial charge on any atom is 0.251 e. The molecule has 0 aliphatic heterocycles. The number of rotatable bonds is 5. The van der Waals surface area contributed by atoms with Crippen molar-refractivity contribution in [1.29, 1.82) is 0 Å². The number of nitrogens with zero attached hydrogens (tertiary/aromatic N) is 1. The Labute approximate surface area is 122 Å². The zero-order valence-electron chi connectivity index (χ0n) is 11.8. The van der Waals surface area contributed by atoms with Crippen molar-refractivity contribution in [3.8, 4) is 0 Å². The molecule has 0 unspecified atom stereocenters. The van der Waals surface area contributed by atoms with Gasteiger partial charge in [-0.2, -0.15) is 0 Å². The predicted molar refractivity (Wildman–Crippen MR) is 80.2 cm³/mol. The number of hydrogen-bond donors (Lipinski definition) is 2. The van der Waals surface area contributed by atoms with E-state index in [1.54, 1.807) is 30.5 Å². The summed E-state index contributed by atoms with van der Waals surface area (Å²) in [4.78, 5) is 23.5. The lowest BCUT2D eigenvalue weighted by atomic mass is 10.1. The van der Waals surface area contributed by atoms with Crippen molar-refractivity contribution < 1.29 is 9.90 Å². The molecule has 5 heteroatoms. The number of carbonyl (C=O) groups is 1. The van der Waals surface area contributed by atoms with Crippen LogP contribution >= 0.6 is 0 Å². The number of aliphatic hydroxyl groups is 1. The second-order valence-electron chi connectivity index (χ2n) is 4.87. The van der Waals surface area contributed by atoms with Crippen molar-refractivity contribution in [3.63, 3.8) is 0 Å². The number of amides is 1. The number of hydrogen-bond acceptors (Lipinski definition) is 3. The summed E-state index contributed by atoms with van der Waals surface area (Å²) in [5.74, 6) is -0.229. The summed E-state index contributed by atoms with van der Waals surface area (Å²) in [6, 6.07) is 12.0. The number of nitrogens with one attached hydrogen (secondary N) is 1. The Bertz CT molecular complexity index is 679. The minimum Gasteiger partial charge on any atom is -0.389 e. The first-order valence-electron chi connectivity index (χ1n) is 6.75. The summed E-state index contributed by atoms with van der Waals surface area (Å²) in [5, 5.41) is 12.6. The quantitative estimate of drug-likeness (QED) is 0.859. The van der Waals surface area contributed by atoms with Gasteiger partial charge in [-0.15, -0.1) is 0 Å². The van der Waals surface area contributed by atoms with Crippen molar-refractivity contribution in [2.24, 2.45) is 0 Å². The summed E-state index contributed by atoms with van der Waals surface area (Å²) in [6.45, 7) is 2.09. The monoisotopic (exact) mass is 286 g/mol. The van der Waals surface area contributed by atoms with Crippen LogP contribution in [0.3, 0.4) is 0 Å². The van der Waals surface area contributed by atoms with Crippen molar-refractivity contribution in [1.82, 2.24) is 9.88 Å². The standard InChI is InChI=1S/C16H18N2O3/c1-12-6-2-3-7-14(12)16(21)17-10-13(19)11-18-9-5-4-8-15(18)20/h2-9,13,19H,10-11H2,1H3,(H,17,21)/t13-/m0/s1. The van der Waals surface area contributed by atoms with Gasteiger partial charge in [0, 0.05) is 24.4 Å². The normalized spacial score (nSPS) is 11.9. The molecule has 1 amide bonds. The molecule has 5 nitrogen and oxygen atoms in total. The lowest BCUT2D eigenvalue weighted by Gasteiger charge is -2.14. The van der Waals surface area contributed by atoms with E-state index in [-0.39, 0.29) is 24.6 Å². The predicted octanol–water partition coefficient (Wildman–Crippen LogP) is 0.948. The minimum atomic E-state index is -0.821. The van der Waals surface area contributed by atoms with Crippen LogP contribution in [0.15, 0.2) is 53.5 Å². The molecule has 0 bridgehead atoms. The van der Waals surface area contributed by atoms with Gasteiger partial charge >= 0.3 is 0 Å². The molecule has 0 aliphatic rings. The van der Waals surface area contributed by atoms with E-state index in [0.29, 0.717) is 5.56 Å². The Balaban J connectivity index is 1.91. The highest BCUT2D eigenvalue weighted by atomic mass is 16.3. The molecule has 0 radical (unpaired) electrons. The largest absolute Gasteiger partial charge is 0.389 e. The lowest BCUT2D eigenvalue weighted by molar-refractivity contribution is 0.0902. The van der Waals surface area contributed by atoms with E-state index in [9.17, 15) is 14.7 Å². The van der Waals surface area contributed by atoms with Crippen molar-refractivity contribution in [2.45, 2.75) is 19.6 Å². The van der Waals surface area contributed by atoms with E-state index < -0.39 is 6.10 Å². The summed E-state index contributed by atoms with van der Waals surface area (Å²) >= 11 is 0. The molecule has 21 heavy (non-hydrogen) atoms. The number of benzene rings is 1. The first-order valence-corrected chi connectivity index (χ1v) is 6.75. The van der Waals surface area contributed by atoms with Gasteiger partial charge in [-0.3, -0.25) is 9.59 Å². The van der Waals surface area contributed by atoms with E-state index >= 15 is 0 Å². The Morgan fingerprint density at radius 2 is 1.95 bits per heavy atom. The van der Waals surface area contributed by atoms with Crippen molar-refractivity contribution in [3.05, 3.63) is 70.1 Å². The molecule has 110 valence electrons. The zero-order valence-corrected chi connectivity index (χ0v) is 11.8. The molecule has 2 N–H and O–H groups in total. The molecule has 1 heterocycles. The van der Waals surface area contributed by atoms with Gasteiger partial charge in [0.2, 0.25) is 0 Å². The summed E-state index contributed by atoms with van der Waals surface area (Å²) in [7, 11) is 0. The number of aliphatic hydroxyl groups excluding tert-OH is 1. The second-order valence-corrected chi connectivity index (χ2v) is 4.87. The van der Waals surface area contributed by atoms with Gasteiger partial charge in [0.25, 0.3) is 11.5 Å². The van der Waals surface area contributed by atoms with Gasteiger partial charge in [-0.05, 0) is 24.6 Å². The van der Waals surface area contributed by atoms with E-state index in [1.165, 1.54) is 10.6 Å². The highest BCUT2D eigenvalue weighted by molar-refractivity contribution is 5.95. The van der Waals surface area contributed by atoms with E-state index in [2.05, 4.69) is 5.32 Å². The van der Waals surface area contributed by atoms with Gasteiger partial charge in [-0.25, -0.2) is 0 Å². The molecule has 1 atom stereocenters. The molecule has 0 saturated carbocycles. The molecule has 1 aromatic heterocycles. The van der Waals surface area contributed by atoms with Crippen LogP contribution in [0, 0.1) is 6.92 Å². The van der Waals surface area contributed by atoms with Gasteiger partial charge in [-0.1, -0.05) is 24.3 Å². The highest BCUT2D eigenvalue weighted by Crippen LogP contribution is 2.06. The second kappa shape index (κ2) is 6.85. The molecule has 0 spiro atoms. The van der Waals surface area contributed by atoms with Crippen LogP contribution in [0.1, 0.15) is 15.9 Å². The van der Waals surface area contributed by atoms with Crippen molar-refractivity contribution >= 4 is 5.91 Å². The number of aryl methyl sites for hydroxylation is 1. The summed E-state index contributed by atoms with van der Waals surface area (Å²) < 4.78 is 1.41. The molecule has 0 fully saturated rings. The van der Waals surface area contributed by atoms with E-state index in [1.807, 2.05) is 19.1 Å². The molecule has 2 aromatic rings. The third kappa shape index (κ3) is 4.03. The number of aromatic nitrogens is 1. The summed E-state index contributed by atoms with van der Waals surface area (Å²) in [5.41, 5.74) is 1.28. The Morgan fingerprint density at radius 1 is 1.24 bits per heavy atom. The maximum absolute atomic E-state index is 12.0. The smallest absolute Gasteiger partial charge is 0.251 e. The fraction of sp³-hybridized carbons (Fsp3) is 0.250. The SMILES string of the molecule is Cc1ccccc1C(=O)NC[C@H](O)Cn1ccccc1=O. The van der Waals surface area contributed by atoms with Crippen LogP contribution < -0.4 is 10.9 Å². The fourth-order valence-corrected chi connectivity index (χ4v) is 2.04. The molecule has 1 aromatic carbocycles.